The summed E-state index contributed by atoms with van der Waals surface area (Å²) in [6.07, 6.45) is -0.107. The molecule has 2 N–H and O–H groups in total. The number of benzene rings is 3. The number of alkyl halides is 3. The molecule has 4 atom stereocenters. The SMILES string of the molecule is COc1ccc(C(=O)c2cc3ccc2C2CCC(O)(CN(Cc4ccc(OC(F)(F)F)cc4)S(=O)(=O)c4cccs4)C2(C)CCC=C(C)CCC(O)C3)cc1. The van der Waals surface area contributed by atoms with Crippen molar-refractivity contribution in [2.24, 2.45) is 5.41 Å². The fourth-order valence-electron chi connectivity index (χ4n) is 8.15. The van der Waals surface area contributed by atoms with Crippen molar-refractivity contribution in [1.82, 2.24) is 4.31 Å². The lowest BCUT2D eigenvalue weighted by molar-refractivity contribution is -0.274. The zero-order valence-electron chi connectivity index (χ0n) is 31.0. The number of carbonyl (C=O) groups is 1. The van der Waals surface area contributed by atoms with Crippen molar-refractivity contribution in [3.05, 3.63) is 124 Å². The van der Waals surface area contributed by atoms with Gasteiger partial charge in [-0.3, -0.25) is 4.79 Å². The van der Waals surface area contributed by atoms with Crippen molar-refractivity contribution in [2.45, 2.75) is 93.5 Å². The van der Waals surface area contributed by atoms with E-state index in [0.717, 1.165) is 40.2 Å². The molecule has 4 unspecified atom stereocenters. The summed E-state index contributed by atoms with van der Waals surface area (Å²) < 4.78 is 77.9. The molecule has 3 aliphatic carbocycles. The summed E-state index contributed by atoms with van der Waals surface area (Å²) in [5.41, 5.74) is 1.43. The molecule has 1 saturated carbocycles. The number of hydrogen-bond acceptors (Lipinski definition) is 8. The molecular formula is C42H46F3NO7S2. The smallest absolute Gasteiger partial charge is 0.497 e. The van der Waals surface area contributed by atoms with Crippen LogP contribution >= 0.6 is 11.3 Å². The predicted octanol–water partition coefficient (Wildman–Crippen LogP) is 8.82. The number of fused-ring (bicyclic) bond motifs is 8. The summed E-state index contributed by atoms with van der Waals surface area (Å²) in [6, 6.07) is 20.7. The largest absolute Gasteiger partial charge is 0.573 e. The Hall–Kier alpha value is -4.01. The van der Waals surface area contributed by atoms with E-state index in [1.54, 1.807) is 42.8 Å². The lowest BCUT2D eigenvalue weighted by Gasteiger charge is -2.46. The van der Waals surface area contributed by atoms with E-state index in [2.05, 4.69) is 10.8 Å². The van der Waals surface area contributed by atoms with E-state index in [4.69, 9.17) is 4.74 Å². The summed E-state index contributed by atoms with van der Waals surface area (Å²) in [6.45, 7) is 3.47. The van der Waals surface area contributed by atoms with Gasteiger partial charge >= 0.3 is 6.36 Å². The van der Waals surface area contributed by atoms with Crippen LogP contribution in [0.4, 0.5) is 13.2 Å². The number of sulfonamides is 1. The van der Waals surface area contributed by atoms with E-state index < -0.39 is 39.3 Å². The van der Waals surface area contributed by atoms with Crippen LogP contribution in [-0.2, 0) is 23.0 Å². The molecule has 8 nitrogen and oxygen atoms in total. The highest BCUT2D eigenvalue weighted by atomic mass is 32.2. The Morgan fingerprint density at radius 1 is 1.00 bits per heavy atom. The Morgan fingerprint density at radius 2 is 1.71 bits per heavy atom. The Bertz CT molecular complexity index is 2100. The molecule has 13 heteroatoms. The van der Waals surface area contributed by atoms with Gasteiger partial charge in [0.1, 0.15) is 15.7 Å². The second-order valence-electron chi connectivity index (χ2n) is 14.9. The van der Waals surface area contributed by atoms with Crippen LogP contribution in [0.5, 0.6) is 11.5 Å². The van der Waals surface area contributed by atoms with Crippen molar-refractivity contribution < 1.29 is 46.1 Å². The quantitative estimate of drug-likeness (QED) is 0.122. The first-order valence-corrected chi connectivity index (χ1v) is 20.6. The van der Waals surface area contributed by atoms with Crippen LogP contribution < -0.4 is 9.47 Å². The molecule has 1 aromatic heterocycles. The number of ketones is 1. The molecule has 294 valence electrons. The van der Waals surface area contributed by atoms with Gasteiger partial charge in [0.05, 0.1) is 18.8 Å². The molecule has 4 aromatic rings. The summed E-state index contributed by atoms with van der Waals surface area (Å²) in [5, 5.41) is 25.6. The van der Waals surface area contributed by atoms with Gasteiger partial charge in [-0.25, -0.2) is 8.42 Å². The van der Waals surface area contributed by atoms with Crippen molar-refractivity contribution in [2.75, 3.05) is 13.7 Å². The number of aliphatic hydroxyl groups excluding tert-OH is 1. The molecule has 3 aliphatic rings. The maximum absolute atomic E-state index is 14.4. The molecule has 0 amide bonds. The lowest BCUT2D eigenvalue weighted by atomic mass is 9.64. The zero-order chi connectivity index (χ0) is 39.6. The molecule has 3 aromatic carbocycles. The van der Waals surface area contributed by atoms with E-state index in [9.17, 15) is 36.6 Å². The number of carbonyl (C=O) groups excluding carboxylic acids is 1. The highest BCUT2D eigenvalue weighted by Crippen LogP contribution is 2.59. The normalized spacial score (nSPS) is 23.5. The second kappa shape index (κ2) is 16.2. The van der Waals surface area contributed by atoms with Gasteiger partial charge in [-0.05, 0) is 128 Å². The predicted molar refractivity (Wildman–Crippen MR) is 205 cm³/mol. The summed E-state index contributed by atoms with van der Waals surface area (Å²) in [5.74, 6) is -0.408. The highest BCUT2D eigenvalue weighted by Gasteiger charge is 2.58. The number of nitrogens with zero attached hydrogens (tertiary/aromatic N) is 1. The van der Waals surface area contributed by atoms with E-state index in [0.29, 0.717) is 61.0 Å². The first-order valence-electron chi connectivity index (χ1n) is 18.3. The number of thiophene rings is 1. The highest BCUT2D eigenvalue weighted by molar-refractivity contribution is 7.91. The van der Waals surface area contributed by atoms with Crippen LogP contribution in [0.3, 0.4) is 0 Å². The summed E-state index contributed by atoms with van der Waals surface area (Å²) in [4.78, 5) is 14.4. The Labute approximate surface area is 324 Å². The van der Waals surface area contributed by atoms with Crippen LogP contribution in [0.25, 0.3) is 0 Å². The average Bonchev–Trinajstić information content (AvgIpc) is 3.78. The van der Waals surface area contributed by atoms with Crippen LogP contribution in [-0.4, -0.2) is 60.4 Å². The second-order valence-corrected chi connectivity index (χ2v) is 18.0. The van der Waals surface area contributed by atoms with Gasteiger partial charge in [0.15, 0.2) is 5.78 Å². The van der Waals surface area contributed by atoms with Crippen LogP contribution in [0.1, 0.15) is 90.9 Å². The third-order valence-electron chi connectivity index (χ3n) is 11.3. The van der Waals surface area contributed by atoms with Gasteiger partial charge in [0.2, 0.25) is 0 Å². The van der Waals surface area contributed by atoms with E-state index in [1.165, 1.54) is 22.5 Å². The standard InChI is InChI=1S/C42H46F3NO7S2/c1-28-6-4-21-40(2)37(35-19-11-30(24-32(47)14-8-28)25-36(35)39(48)31-12-17-33(52-3)18-13-31)20-22-41(40,49)27-46(55(50,51)38-7-5-23-54-38)26-29-9-15-34(16-10-29)53-42(43,44)45/h5-7,9-13,15-19,23,25,32,37,47,49H,4,8,14,20-22,24,26-27H2,1-3H3. The number of allylic oxidation sites excluding steroid dienone is 2. The topological polar surface area (TPSA) is 113 Å². The van der Waals surface area contributed by atoms with Gasteiger partial charge in [0.25, 0.3) is 10.0 Å². The lowest BCUT2D eigenvalue weighted by Crippen LogP contribution is -2.53. The molecule has 1 fully saturated rings. The number of ether oxygens (including phenoxy) is 2. The van der Waals surface area contributed by atoms with Crippen molar-refractivity contribution in [3.63, 3.8) is 0 Å². The molecule has 0 aliphatic heterocycles. The van der Waals surface area contributed by atoms with Gasteiger partial charge in [-0.15, -0.1) is 24.5 Å². The third-order valence-corrected chi connectivity index (χ3v) is 14.5. The molecule has 0 saturated heterocycles. The van der Waals surface area contributed by atoms with E-state index in [1.807, 2.05) is 32.0 Å². The molecule has 0 radical (unpaired) electrons. The van der Waals surface area contributed by atoms with Gasteiger partial charge in [0, 0.05) is 29.6 Å². The third kappa shape index (κ3) is 9.02. The van der Waals surface area contributed by atoms with E-state index in [-0.39, 0.29) is 35.4 Å². The fraction of sp³-hybridized carbons (Fsp3) is 0.405. The zero-order valence-corrected chi connectivity index (χ0v) is 32.6. The molecular weight excluding hydrogens is 752 g/mol. The number of aliphatic hydroxyl groups is 2. The Kier molecular flexibility index (Phi) is 12.0. The number of halogens is 3. The van der Waals surface area contributed by atoms with Gasteiger partial charge in [-0.1, -0.05) is 48.9 Å². The minimum Gasteiger partial charge on any atom is -0.497 e. The molecule has 7 rings (SSSR count). The van der Waals surface area contributed by atoms with Gasteiger partial charge in [-0.2, -0.15) is 4.31 Å². The fourth-order valence-corrected chi connectivity index (χ4v) is 10.8. The van der Waals surface area contributed by atoms with Crippen LogP contribution in [0, 0.1) is 5.41 Å². The minimum atomic E-state index is -4.88. The minimum absolute atomic E-state index is 0.0718. The summed E-state index contributed by atoms with van der Waals surface area (Å²) >= 11 is 1.04. The molecule has 0 spiro atoms. The van der Waals surface area contributed by atoms with Crippen molar-refractivity contribution in [1.29, 1.82) is 0 Å². The maximum Gasteiger partial charge on any atom is 0.573 e. The van der Waals surface area contributed by atoms with Crippen LogP contribution in [0.2, 0.25) is 0 Å². The first kappa shape index (κ1) is 40.6. The summed E-state index contributed by atoms with van der Waals surface area (Å²) in [7, 11) is -2.63. The maximum atomic E-state index is 14.4. The Balaban J connectivity index is 1.43. The number of rotatable bonds is 10. The van der Waals surface area contributed by atoms with Gasteiger partial charge < -0.3 is 19.7 Å². The van der Waals surface area contributed by atoms with E-state index >= 15 is 0 Å². The van der Waals surface area contributed by atoms with Crippen molar-refractivity contribution in [3.8, 4) is 11.5 Å². The number of methoxy groups -OCH3 is 1. The monoisotopic (exact) mass is 797 g/mol. The average molecular weight is 798 g/mol. The Morgan fingerprint density at radius 3 is 2.36 bits per heavy atom. The molecule has 1 heterocycles. The molecule has 55 heavy (non-hydrogen) atoms. The van der Waals surface area contributed by atoms with Crippen molar-refractivity contribution >= 4 is 27.1 Å². The first-order chi connectivity index (χ1) is 26.0. The molecule has 2 bridgehead atoms. The number of hydrogen-bond donors (Lipinski definition) is 2. The van der Waals surface area contributed by atoms with Crippen LogP contribution in [0.15, 0.2) is 100 Å².